The van der Waals surface area contributed by atoms with Gasteiger partial charge in [-0.25, -0.2) is 8.42 Å². The summed E-state index contributed by atoms with van der Waals surface area (Å²) in [6.45, 7) is 2.59. The smallest absolute Gasteiger partial charge is 0.243 e. The SMILES string of the molecule is COc1ccc(S(=O)(=O)N2CCCCC[C@H]2c2ccc(C)s2)cc1OC. The van der Waals surface area contributed by atoms with E-state index in [-0.39, 0.29) is 10.9 Å². The van der Waals surface area contributed by atoms with Crippen LogP contribution in [-0.4, -0.2) is 33.5 Å². The quantitative estimate of drug-likeness (QED) is 0.754. The molecule has 5 nitrogen and oxygen atoms in total. The third-order valence-electron chi connectivity index (χ3n) is 4.75. The molecule has 1 saturated heterocycles. The van der Waals surface area contributed by atoms with E-state index in [9.17, 15) is 8.42 Å². The van der Waals surface area contributed by atoms with E-state index in [0.717, 1.165) is 30.6 Å². The van der Waals surface area contributed by atoms with Crippen molar-refractivity contribution in [1.29, 1.82) is 0 Å². The van der Waals surface area contributed by atoms with Crippen LogP contribution in [0.4, 0.5) is 0 Å². The van der Waals surface area contributed by atoms with Crippen LogP contribution >= 0.6 is 11.3 Å². The van der Waals surface area contributed by atoms with Crippen LogP contribution in [0.2, 0.25) is 0 Å². The second-order valence-corrected chi connectivity index (χ2v) is 9.66. The number of sulfonamides is 1. The predicted molar refractivity (Wildman–Crippen MR) is 104 cm³/mol. The molecule has 1 atom stereocenters. The fourth-order valence-corrected chi connectivity index (χ4v) is 6.18. The summed E-state index contributed by atoms with van der Waals surface area (Å²) < 4.78 is 39.1. The zero-order valence-corrected chi connectivity index (χ0v) is 17.0. The van der Waals surface area contributed by atoms with Crippen molar-refractivity contribution in [1.82, 2.24) is 4.31 Å². The Labute approximate surface area is 159 Å². The van der Waals surface area contributed by atoms with Gasteiger partial charge in [-0.05, 0) is 44.0 Å². The number of aryl methyl sites for hydroxylation is 1. The van der Waals surface area contributed by atoms with Crippen molar-refractivity contribution in [2.45, 2.75) is 43.5 Å². The summed E-state index contributed by atoms with van der Waals surface area (Å²) in [5, 5.41) is 0. The van der Waals surface area contributed by atoms with E-state index in [4.69, 9.17) is 9.47 Å². The van der Waals surface area contributed by atoms with E-state index in [0.29, 0.717) is 18.0 Å². The number of hydrogen-bond acceptors (Lipinski definition) is 5. The first-order chi connectivity index (χ1) is 12.5. The van der Waals surface area contributed by atoms with Gasteiger partial charge < -0.3 is 9.47 Å². The molecule has 1 aliphatic heterocycles. The molecular weight excluding hydrogens is 370 g/mol. The van der Waals surface area contributed by atoms with Gasteiger partial charge >= 0.3 is 0 Å². The predicted octanol–water partition coefficient (Wildman–Crippen LogP) is 4.38. The zero-order valence-electron chi connectivity index (χ0n) is 15.4. The molecule has 2 aromatic rings. The van der Waals surface area contributed by atoms with E-state index in [1.807, 2.05) is 0 Å². The normalized spacial score (nSPS) is 19.1. The summed E-state index contributed by atoms with van der Waals surface area (Å²) in [5.41, 5.74) is 0. The standard InChI is InChI=1S/C19H25NO4S2/c1-14-8-11-19(25-14)16-7-5-4-6-12-20(16)26(21,22)15-9-10-17(23-2)18(13-15)24-3/h8-11,13,16H,4-7,12H2,1-3H3/t16-/m0/s1. The monoisotopic (exact) mass is 395 g/mol. The molecule has 0 bridgehead atoms. The largest absolute Gasteiger partial charge is 0.493 e. The van der Waals surface area contributed by atoms with Gasteiger partial charge in [0.2, 0.25) is 10.0 Å². The molecule has 142 valence electrons. The molecule has 7 heteroatoms. The van der Waals surface area contributed by atoms with Crippen LogP contribution in [0.25, 0.3) is 0 Å². The molecule has 3 rings (SSSR count). The average molecular weight is 396 g/mol. The van der Waals surface area contributed by atoms with Crippen molar-refractivity contribution in [3.8, 4) is 11.5 Å². The number of benzene rings is 1. The molecule has 0 saturated carbocycles. The van der Waals surface area contributed by atoms with Crippen LogP contribution < -0.4 is 9.47 Å². The van der Waals surface area contributed by atoms with Gasteiger partial charge in [0.1, 0.15) is 0 Å². The molecule has 0 N–H and O–H groups in total. The van der Waals surface area contributed by atoms with E-state index < -0.39 is 10.0 Å². The molecule has 0 aliphatic carbocycles. The highest BCUT2D eigenvalue weighted by molar-refractivity contribution is 7.89. The lowest BCUT2D eigenvalue weighted by Gasteiger charge is -2.28. The summed E-state index contributed by atoms with van der Waals surface area (Å²) in [4.78, 5) is 2.57. The fourth-order valence-electron chi connectivity index (χ4n) is 3.40. The van der Waals surface area contributed by atoms with Crippen LogP contribution in [-0.2, 0) is 10.0 Å². The molecule has 0 amide bonds. The van der Waals surface area contributed by atoms with Gasteiger partial charge in [-0.3, -0.25) is 0 Å². The maximum Gasteiger partial charge on any atom is 0.243 e. The van der Waals surface area contributed by atoms with E-state index in [1.165, 1.54) is 19.1 Å². The van der Waals surface area contributed by atoms with Crippen molar-refractivity contribution < 1.29 is 17.9 Å². The number of nitrogens with zero attached hydrogens (tertiary/aromatic N) is 1. The van der Waals surface area contributed by atoms with E-state index in [1.54, 1.807) is 33.8 Å². The minimum Gasteiger partial charge on any atom is -0.493 e. The first-order valence-corrected chi connectivity index (χ1v) is 11.0. The summed E-state index contributed by atoms with van der Waals surface area (Å²) >= 11 is 1.68. The highest BCUT2D eigenvalue weighted by Gasteiger charge is 2.34. The molecule has 1 aliphatic rings. The molecule has 0 radical (unpaired) electrons. The third kappa shape index (κ3) is 3.75. The van der Waals surface area contributed by atoms with Crippen molar-refractivity contribution in [2.24, 2.45) is 0 Å². The third-order valence-corrected chi connectivity index (χ3v) is 7.76. The number of hydrogen-bond donors (Lipinski definition) is 0. The van der Waals surface area contributed by atoms with Gasteiger partial charge in [0, 0.05) is 22.4 Å². The Bertz CT molecular complexity index is 860. The molecular formula is C19H25NO4S2. The maximum absolute atomic E-state index is 13.4. The first-order valence-electron chi connectivity index (χ1n) is 8.77. The molecule has 0 unspecified atom stereocenters. The van der Waals surface area contributed by atoms with Crippen molar-refractivity contribution in [3.63, 3.8) is 0 Å². The lowest BCUT2D eigenvalue weighted by molar-refractivity contribution is 0.331. The summed E-state index contributed by atoms with van der Waals surface area (Å²) in [6.07, 6.45) is 3.83. The van der Waals surface area contributed by atoms with Gasteiger partial charge in [0.15, 0.2) is 11.5 Å². The molecule has 1 aromatic carbocycles. The highest BCUT2D eigenvalue weighted by atomic mass is 32.2. The van der Waals surface area contributed by atoms with E-state index >= 15 is 0 Å². The van der Waals surface area contributed by atoms with Crippen LogP contribution in [0.1, 0.15) is 41.5 Å². The number of ether oxygens (including phenoxy) is 2. The lowest BCUT2D eigenvalue weighted by Crippen LogP contribution is -2.34. The fraction of sp³-hybridized carbons (Fsp3) is 0.474. The van der Waals surface area contributed by atoms with Gasteiger partial charge in [-0.15, -0.1) is 11.3 Å². The van der Waals surface area contributed by atoms with Crippen molar-refractivity contribution >= 4 is 21.4 Å². The summed E-state index contributed by atoms with van der Waals surface area (Å²) in [7, 11) is -0.578. The average Bonchev–Trinajstić information content (AvgIpc) is 2.92. The molecule has 0 spiro atoms. The van der Waals surface area contributed by atoms with Crippen LogP contribution in [0, 0.1) is 6.92 Å². The van der Waals surface area contributed by atoms with Gasteiger partial charge in [0.05, 0.1) is 25.2 Å². The first kappa shape index (κ1) is 19.2. The molecule has 2 heterocycles. The van der Waals surface area contributed by atoms with Crippen molar-refractivity contribution in [3.05, 3.63) is 40.1 Å². The second kappa shape index (κ2) is 7.98. The maximum atomic E-state index is 13.4. The number of rotatable bonds is 5. The van der Waals surface area contributed by atoms with Crippen LogP contribution in [0.3, 0.4) is 0 Å². The Balaban J connectivity index is 2.02. The van der Waals surface area contributed by atoms with Gasteiger partial charge in [0.25, 0.3) is 0 Å². The summed E-state index contributed by atoms with van der Waals surface area (Å²) in [5.74, 6) is 0.944. The summed E-state index contributed by atoms with van der Waals surface area (Å²) in [6, 6.07) is 8.82. The Morgan fingerprint density at radius 3 is 2.46 bits per heavy atom. The van der Waals surface area contributed by atoms with Crippen molar-refractivity contribution in [2.75, 3.05) is 20.8 Å². The Kier molecular flexibility index (Phi) is 5.89. The zero-order chi connectivity index (χ0) is 18.7. The molecule has 1 aromatic heterocycles. The van der Waals surface area contributed by atoms with Crippen LogP contribution in [0.15, 0.2) is 35.2 Å². The lowest BCUT2D eigenvalue weighted by atomic mass is 10.1. The van der Waals surface area contributed by atoms with E-state index in [2.05, 4.69) is 19.1 Å². The van der Waals surface area contributed by atoms with Gasteiger partial charge in [-0.1, -0.05) is 12.8 Å². The second-order valence-electron chi connectivity index (χ2n) is 6.45. The minimum atomic E-state index is -3.63. The molecule has 1 fully saturated rings. The van der Waals surface area contributed by atoms with Crippen LogP contribution in [0.5, 0.6) is 11.5 Å². The molecule has 26 heavy (non-hydrogen) atoms. The van der Waals surface area contributed by atoms with Gasteiger partial charge in [-0.2, -0.15) is 4.31 Å². The topological polar surface area (TPSA) is 55.8 Å². The Hall–Kier alpha value is -1.57. The number of thiophene rings is 1. The minimum absolute atomic E-state index is 0.103. The highest BCUT2D eigenvalue weighted by Crippen LogP contribution is 2.39. The Morgan fingerprint density at radius 2 is 1.81 bits per heavy atom. The number of methoxy groups -OCH3 is 2. The Morgan fingerprint density at radius 1 is 1.04 bits per heavy atom.